The normalized spacial score (nSPS) is 13.7. The molecular formula is C22H29ClN2O3S. The second kappa shape index (κ2) is 8.76. The van der Waals surface area contributed by atoms with Crippen molar-refractivity contribution in [3.8, 4) is 0 Å². The van der Waals surface area contributed by atoms with Crippen molar-refractivity contribution in [3.05, 3.63) is 63.2 Å². The van der Waals surface area contributed by atoms with Gasteiger partial charge in [0.05, 0.1) is 18.0 Å². The summed E-state index contributed by atoms with van der Waals surface area (Å²) in [6.45, 7) is 11.4. The van der Waals surface area contributed by atoms with Crippen molar-refractivity contribution in [2.45, 2.75) is 53.6 Å². The molecule has 0 unspecified atom stereocenters. The van der Waals surface area contributed by atoms with Crippen LogP contribution in [0, 0.1) is 27.7 Å². The van der Waals surface area contributed by atoms with Crippen molar-refractivity contribution in [2.75, 3.05) is 10.6 Å². The fourth-order valence-electron chi connectivity index (χ4n) is 3.39. The molecule has 2 atom stereocenters. The molecule has 0 saturated heterocycles. The summed E-state index contributed by atoms with van der Waals surface area (Å²) >= 11 is 6.18. The quantitative estimate of drug-likeness (QED) is 0.719. The number of benzene rings is 2. The van der Waals surface area contributed by atoms with E-state index in [2.05, 4.69) is 17.4 Å². The molecule has 29 heavy (non-hydrogen) atoms. The number of aryl methyl sites for hydroxylation is 4. The maximum absolute atomic E-state index is 13.0. The number of sulfonamides is 1. The number of nitrogens with zero attached hydrogens (tertiary/aromatic N) is 1. The van der Waals surface area contributed by atoms with Gasteiger partial charge in [0.15, 0.2) is 0 Å². The zero-order chi connectivity index (χ0) is 22.1. The Balaban J connectivity index is 2.32. The Hall–Kier alpha value is -2.05. The molecule has 1 amide bonds. The number of nitrogens with one attached hydrogen (secondary N) is 1. The van der Waals surface area contributed by atoms with Gasteiger partial charge in [0, 0.05) is 5.02 Å². The zero-order valence-electron chi connectivity index (χ0n) is 18.0. The minimum Gasteiger partial charge on any atom is -0.348 e. The standard InChI is InChI=1S/C22H29ClN2O3S/c1-13-8-9-19(12-21(13)23)25(29(7,27)28)18(6)22(26)24-17(5)20-11-15(3)14(2)10-16(20)4/h8-12,17-18H,1-7H3,(H,24,26)/t17-,18-/m1/s1. The summed E-state index contributed by atoms with van der Waals surface area (Å²) in [4.78, 5) is 13.0. The van der Waals surface area contributed by atoms with Gasteiger partial charge in [-0.2, -0.15) is 0 Å². The maximum atomic E-state index is 13.0. The fraction of sp³-hybridized carbons (Fsp3) is 0.409. The van der Waals surface area contributed by atoms with Gasteiger partial charge in [-0.3, -0.25) is 9.10 Å². The van der Waals surface area contributed by atoms with E-state index in [-0.39, 0.29) is 11.9 Å². The first kappa shape index (κ1) is 23.2. The summed E-state index contributed by atoms with van der Waals surface area (Å²) in [5, 5.41) is 3.40. The number of hydrogen-bond acceptors (Lipinski definition) is 3. The van der Waals surface area contributed by atoms with Crippen LogP contribution in [0.1, 0.15) is 47.7 Å². The molecule has 7 heteroatoms. The van der Waals surface area contributed by atoms with E-state index in [1.807, 2.05) is 34.6 Å². The minimum atomic E-state index is -3.70. The van der Waals surface area contributed by atoms with Gasteiger partial charge in [-0.25, -0.2) is 8.42 Å². The van der Waals surface area contributed by atoms with Crippen molar-refractivity contribution in [3.63, 3.8) is 0 Å². The van der Waals surface area contributed by atoms with Crippen molar-refractivity contribution >= 4 is 33.2 Å². The van der Waals surface area contributed by atoms with Crippen molar-refractivity contribution in [1.29, 1.82) is 0 Å². The van der Waals surface area contributed by atoms with E-state index >= 15 is 0 Å². The highest BCUT2D eigenvalue weighted by Crippen LogP contribution is 2.27. The Morgan fingerprint density at radius 2 is 1.55 bits per heavy atom. The van der Waals surface area contributed by atoms with Gasteiger partial charge in [0.1, 0.15) is 6.04 Å². The zero-order valence-corrected chi connectivity index (χ0v) is 19.6. The van der Waals surface area contributed by atoms with E-state index in [0.717, 1.165) is 32.8 Å². The van der Waals surface area contributed by atoms with Crippen molar-refractivity contribution < 1.29 is 13.2 Å². The number of rotatable bonds is 6. The van der Waals surface area contributed by atoms with E-state index in [1.165, 1.54) is 5.56 Å². The van der Waals surface area contributed by atoms with E-state index < -0.39 is 16.1 Å². The Bertz CT molecular complexity index is 1030. The second-order valence-corrected chi connectivity index (χ2v) is 9.96. The van der Waals surface area contributed by atoms with Gasteiger partial charge in [-0.15, -0.1) is 0 Å². The van der Waals surface area contributed by atoms with Crippen LogP contribution in [-0.4, -0.2) is 26.6 Å². The van der Waals surface area contributed by atoms with Crippen LogP contribution in [0.25, 0.3) is 0 Å². The number of carbonyl (C=O) groups excluding carboxylic acids is 1. The molecule has 0 radical (unpaired) electrons. The molecule has 2 aromatic carbocycles. The van der Waals surface area contributed by atoms with Gasteiger partial charge < -0.3 is 5.32 Å². The molecule has 2 rings (SSSR count). The number of hydrogen-bond donors (Lipinski definition) is 1. The lowest BCUT2D eigenvalue weighted by molar-refractivity contribution is -0.122. The number of carbonyl (C=O) groups is 1. The molecule has 0 bridgehead atoms. The molecule has 0 aliphatic rings. The molecule has 0 aromatic heterocycles. The Kier molecular flexibility index (Phi) is 7.01. The molecule has 2 aromatic rings. The average molecular weight is 437 g/mol. The van der Waals surface area contributed by atoms with Gasteiger partial charge in [0.25, 0.3) is 0 Å². The number of amides is 1. The third kappa shape index (κ3) is 5.31. The molecule has 0 heterocycles. The third-order valence-corrected chi connectivity index (χ3v) is 6.85. The lowest BCUT2D eigenvalue weighted by atomic mass is 9.96. The summed E-state index contributed by atoms with van der Waals surface area (Å²) in [5.74, 6) is -0.378. The van der Waals surface area contributed by atoms with Crippen molar-refractivity contribution in [2.24, 2.45) is 0 Å². The minimum absolute atomic E-state index is 0.257. The van der Waals surface area contributed by atoms with Crippen molar-refractivity contribution in [1.82, 2.24) is 5.32 Å². The van der Waals surface area contributed by atoms with E-state index in [4.69, 9.17) is 11.6 Å². The summed E-state index contributed by atoms with van der Waals surface area (Å²) in [6, 6.07) is 7.93. The maximum Gasteiger partial charge on any atom is 0.244 e. The van der Waals surface area contributed by atoms with Crippen LogP contribution in [0.2, 0.25) is 5.02 Å². The third-order valence-electron chi connectivity index (χ3n) is 5.21. The highest BCUT2D eigenvalue weighted by molar-refractivity contribution is 7.92. The summed E-state index contributed by atoms with van der Waals surface area (Å²) < 4.78 is 26.0. The summed E-state index contributed by atoms with van der Waals surface area (Å²) in [7, 11) is -3.70. The monoisotopic (exact) mass is 436 g/mol. The highest BCUT2D eigenvalue weighted by atomic mass is 35.5. The number of anilines is 1. The van der Waals surface area contributed by atoms with Gasteiger partial charge in [-0.1, -0.05) is 29.8 Å². The lowest BCUT2D eigenvalue weighted by Crippen LogP contribution is -2.48. The Morgan fingerprint density at radius 3 is 2.10 bits per heavy atom. The molecule has 0 spiro atoms. The topological polar surface area (TPSA) is 66.5 Å². The smallest absolute Gasteiger partial charge is 0.244 e. The van der Waals surface area contributed by atoms with Gasteiger partial charge in [0.2, 0.25) is 15.9 Å². The predicted molar refractivity (Wildman–Crippen MR) is 120 cm³/mol. The first-order valence-corrected chi connectivity index (χ1v) is 11.7. The van der Waals surface area contributed by atoms with Crippen LogP contribution in [0.15, 0.2) is 30.3 Å². The number of halogens is 1. The van der Waals surface area contributed by atoms with Crippen LogP contribution in [0.3, 0.4) is 0 Å². The Labute approximate surface area is 179 Å². The molecule has 0 saturated carbocycles. The van der Waals surface area contributed by atoms with Gasteiger partial charge in [-0.05, 0) is 81.5 Å². The molecule has 0 aliphatic heterocycles. The van der Waals surface area contributed by atoms with Crippen LogP contribution < -0.4 is 9.62 Å². The van der Waals surface area contributed by atoms with Crippen LogP contribution in [-0.2, 0) is 14.8 Å². The first-order valence-electron chi connectivity index (χ1n) is 9.46. The fourth-order valence-corrected chi connectivity index (χ4v) is 4.73. The molecular weight excluding hydrogens is 408 g/mol. The van der Waals surface area contributed by atoms with E-state index in [9.17, 15) is 13.2 Å². The van der Waals surface area contributed by atoms with Crippen LogP contribution in [0.4, 0.5) is 5.69 Å². The lowest BCUT2D eigenvalue weighted by Gasteiger charge is -2.30. The second-order valence-electron chi connectivity index (χ2n) is 7.69. The first-order chi connectivity index (χ1) is 13.3. The van der Waals surface area contributed by atoms with Crippen LogP contribution >= 0.6 is 11.6 Å². The van der Waals surface area contributed by atoms with Crippen LogP contribution in [0.5, 0.6) is 0 Å². The molecule has 1 N–H and O–H groups in total. The molecule has 0 aliphatic carbocycles. The summed E-state index contributed by atoms with van der Waals surface area (Å²) in [6.07, 6.45) is 1.08. The van der Waals surface area contributed by atoms with E-state index in [1.54, 1.807) is 25.1 Å². The molecule has 0 fully saturated rings. The highest BCUT2D eigenvalue weighted by Gasteiger charge is 2.30. The van der Waals surface area contributed by atoms with Gasteiger partial charge >= 0.3 is 0 Å². The molecule has 5 nitrogen and oxygen atoms in total. The average Bonchev–Trinajstić information content (AvgIpc) is 2.59. The predicted octanol–water partition coefficient (Wildman–Crippen LogP) is 4.61. The Morgan fingerprint density at radius 1 is 0.966 bits per heavy atom. The largest absolute Gasteiger partial charge is 0.348 e. The SMILES string of the molecule is Cc1cc(C)c([C@@H](C)NC(=O)[C@@H](C)N(c2ccc(C)c(Cl)c2)S(C)(=O)=O)cc1C. The summed E-state index contributed by atoms with van der Waals surface area (Å²) in [5.41, 5.74) is 5.63. The molecule has 158 valence electrons. The van der Waals surface area contributed by atoms with E-state index in [0.29, 0.717) is 10.7 Å².